The van der Waals surface area contributed by atoms with Gasteiger partial charge in [0.2, 0.25) is 5.91 Å². The number of nitriles is 1. The number of benzene rings is 3. The van der Waals surface area contributed by atoms with Crippen molar-refractivity contribution in [2.24, 2.45) is 16.8 Å². The van der Waals surface area contributed by atoms with Crippen molar-refractivity contribution in [1.82, 2.24) is 14.8 Å². The van der Waals surface area contributed by atoms with Crippen molar-refractivity contribution < 1.29 is 22.7 Å². The van der Waals surface area contributed by atoms with Gasteiger partial charge in [0.05, 0.1) is 29.3 Å². The predicted molar refractivity (Wildman–Crippen MR) is 171 cm³/mol. The van der Waals surface area contributed by atoms with Gasteiger partial charge in [0.25, 0.3) is 0 Å². The van der Waals surface area contributed by atoms with Crippen LogP contribution in [-0.4, -0.2) is 33.0 Å². The molecule has 7 rings (SSSR count). The van der Waals surface area contributed by atoms with Gasteiger partial charge in [0, 0.05) is 41.1 Å². The molecule has 2 aromatic heterocycles. The molecule has 1 aliphatic heterocycles. The number of nitrogens with one attached hydrogen (secondary N) is 1. The topological polar surface area (TPSA) is 105 Å². The number of carbonyl (C=O) groups is 1. The highest BCUT2D eigenvalue weighted by Gasteiger charge is 2.43. The molecule has 1 aliphatic carbocycles. The Morgan fingerprint density at radius 1 is 1.02 bits per heavy atom. The van der Waals surface area contributed by atoms with Crippen molar-refractivity contribution in [2.45, 2.75) is 38.1 Å². The first-order chi connectivity index (χ1) is 22.8. The Kier molecular flexibility index (Phi) is 8.03. The summed E-state index contributed by atoms with van der Waals surface area (Å²) in [5, 5.41) is 17.0. The smallest absolute Gasteiger partial charge is 0.357 e. The molecule has 8 nitrogen and oxygen atoms in total. The van der Waals surface area contributed by atoms with Gasteiger partial charge in [0.1, 0.15) is 12.0 Å². The average Bonchev–Trinajstić information content (AvgIpc) is 3.75. The molecule has 47 heavy (non-hydrogen) atoms. The SMILES string of the molecule is N#CC1CC1C(=O)Nc1cc2cc(-c3cn(C4CCCCO4)nc3C(F)(F)F)cc(N=C(c3ccccc3)c3ccccc3)c2cn1. The zero-order valence-corrected chi connectivity index (χ0v) is 25.1. The Hall–Kier alpha value is -5.34. The molecular formula is C36H29F3N6O2. The number of nitrogens with zero attached hydrogens (tertiary/aromatic N) is 5. The van der Waals surface area contributed by atoms with E-state index < -0.39 is 24.0 Å². The number of pyridine rings is 1. The van der Waals surface area contributed by atoms with Crippen LogP contribution < -0.4 is 5.32 Å². The van der Waals surface area contributed by atoms with Crippen LogP contribution in [0.4, 0.5) is 24.7 Å². The van der Waals surface area contributed by atoms with E-state index in [4.69, 9.17) is 15.0 Å². The Labute approximate surface area is 268 Å². The van der Waals surface area contributed by atoms with E-state index in [1.54, 1.807) is 24.4 Å². The van der Waals surface area contributed by atoms with Gasteiger partial charge in [-0.15, -0.1) is 0 Å². The van der Waals surface area contributed by atoms with Crippen LogP contribution in [0, 0.1) is 23.2 Å². The normalized spacial score (nSPS) is 19.1. The monoisotopic (exact) mass is 634 g/mol. The fourth-order valence-corrected chi connectivity index (χ4v) is 5.90. The summed E-state index contributed by atoms with van der Waals surface area (Å²) < 4.78 is 50.5. The number of halogens is 3. The largest absolute Gasteiger partial charge is 0.435 e. The second-order valence-electron chi connectivity index (χ2n) is 11.7. The van der Waals surface area contributed by atoms with Gasteiger partial charge < -0.3 is 10.1 Å². The molecule has 0 radical (unpaired) electrons. The quantitative estimate of drug-likeness (QED) is 0.182. The lowest BCUT2D eigenvalue weighted by Crippen LogP contribution is -2.19. The molecule has 3 atom stereocenters. The van der Waals surface area contributed by atoms with Crippen molar-refractivity contribution in [1.29, 1.82) is 5.26 Å². The maximum atomic E-state index is 14.5. The first-order valence-electron chi connectivity index (χ1n) is 15.4. The molecule has 3 heterocycles. The van der Waals surface area contributed by atoms with Crippen molar-refractivity contribution in [2.75, 3.05) is 11.9 Å². The van der Waals surface area contributed by atoms with Gasteiger partial charge in [-0.1, -0.05) is 60.7 Å². The fourth-order valence-electron chi connectivity index (χ4n) is 5.90. The minimum absolute atomic E-state index is 0.108. The Bertz CT molecular complexity index is 1970. The number of fused-ring (bicyclic) bond motifs is 1. The van der Waals surface area contributed by atoms with Gasteiger partial charge in [-0.05, 0) is 54.8 Å². The zero-order valence-electron chi connectivity index (χ0n) is 25.1. The summed E-state index contributed by atoms with van der Waals surface area (Å²) in [7, 11) is 0. The molecule has 3 aromatic carbocycles. The summed E-state index contributed by atoms with van der Waals surface area (Å²) >= 11 is 0. The van der Waals surface area contributed by atoms with Crippen molar-refractivity contribution in [3.8, 4) is 17.2 Å². The van der Waals surface area contributed by atoms with Crippen molar-refractivity contribution >= 4 is 33.9 Å². The number of anilines is 1. The lowest BCUT2D eigenvalue weighted by molar-refractivity contribution is -0.141. The van der Waals surface area contributed by atoms with Gasteiger partial charge in [0.15, 0.2) is 5.69 Å². The third kappa shape index (κ3) is 6.37. The van der Waals surface area contributed by atoms with Gasteiger partial charge in [-0.3, -0.25) is 4.79 Å². The molecule has 2 fully saturated rings. The molecular weight excluding hydrogens is 605 g/mol. The van der Waals surface area contributed by atoms with Crippen molar-refractivity contribution in [3.05, 3.63) is 108 Å². The molecule has 2 aliphatic rings. The highest BCUT2D eigenvalue weighted by Crippen LogP contribution is 2.42. The zero-order chi connectivity index (χ0) is 32.5. The summed E-state index contributed by atoms with van der Waals surface area (Å²) in [4.78, 5) is 22.3. The van der Waals surface area contributed by atoms with E-state index in [0.29, 0.717) is 41.6 Å². The standard InChI is InChI=1S/C36H29F3N6O2/c37-36(38,39)34-29(21-45(44-34)32-13-7-8-14-47-32)24-15-25-18-31(43-35(46)27-16-26(27)19-40)41-20-28(25)30(17-24)42-33(22-9-3-1-4-10-22)23-11-5-2-6-12-23/h1-6,9-12,15,17-18,20-21,26-27,32H,7-8,13-14,16H2,(H,41,43,46). The van der Waals surface area contributed by atoms with Crippen LogP contribution in [0.2, 0.25) is 0 Å². The molecule has 1 N–H and O–H groups in total. The molecule has 1 amide bonds. The number of hydrogen-bond acceptors (Lipinski definition) is 6. The van der Waals surface area contributed by atoms with Gasteiger partial charge >= 0.3 is 6.18 Å². The minimum Gasteiger partial charge on any atom is -0.357 e. The summed E-state index contributed by atoms with van der Waals surface area (Å²) in [6, 6.07) is 26.0. The first-order valence-corrected chi connectivity index (χ1v) is 15.4. The van der Waals surface area contributed by atoms with Gasteiger partial charge in [-0.25, -0.2) is 14.7 Å². The number of hydrogen-bond donors (Lipinski definition) is 1. The van der Waals surface area contributed by atoms with Crippen molar-refractivity contribution in [3.63, 3.8) is 0 Å². The fraction of sp³-hybridized carbons (Fsp3) is 0.250. The van der Waals surface area contributed by atoms with E-state index in [-0.39, 0.29) is 28.8 Å². The van der Waals surface area contributed by atoms with E-state index in [0.717, 1.165) is 24.0 Å². The summed E-state index contributed by atoms with van der Waals surface area (Å²) in [5.74, 6) is -0.832. The number of carbonyl (C=O) groups excluding carboxylic acids is 1. The van der Waals surface area contributed by atoms with Crippen LogP contribution in [0.25, 0.3) is 21.9 Å². The summed E-state index contributed by atoms with van der Waals surface area (Å²) in [5.41, 5.74) is 1.79. The molecule has 11 heteroatoms. The van der Waals surface area contributed by atoms with Gasteiger partial charge in [-0.2, -0.15) is 23.5 Å². The van der Waals surface area contributed by atoms with Crippen LogP contribution in [0.1, 0.15) is 48.7 Å². The van der Waals surface area contributed by atoms with Crippen LogP contribution in [0.5, 0.6) is 0 Å². The molecule has 1 saturated heterocycles. The second kappa shape index (κ2) is 12.5. The van der Waals surface area contributed by atoms with Crippen LogP contribution >= 0.6 is 0 Å². The minimum atomic E-state index is -4.73. The maximum Gasteiger partial charge on any atom is 0.435 e. The molecule has 1 saturated carbocycles. The second-order valence-corrected chi connectivity index (χ2v) is 11.7. The summed E-state index contributed by atoms with van der Waals surface area (Å²) in [6.45, 7) is 0.454. The van der Waals surface area contributed by atoms with E-state index in [9.17, 15) is 18.0 Å². The number of ether oxygens (including phenoxy) is 1. The van der Waals surface area contributed by atoms with Crippen LogP contribution in [0.15, 0.2) is 96.2 Å². The number of aliphatic imine (C=N–C) groups is 1. The Balaban J connectivity index is 1.41. The molecule has 3 unspecified atom stereocenters. The molecule has 0 spiro atoms. The average molecular weight is 635 g/mol. The maximum absolute atomic E-state index is 14.5. The number of aromatic nitrogens is 3. The van der Waals surface area contributed by atoms with Crippen LogP contribution in [0.3, 0.4) is 0 Å². The van der Waals surface area contributed by atoms with E-state index in [1.807, 2.05) is 60.7 Å². The lowest BCUT2D eigenvalue weighted by Gasteiger charge is -2.22. The highest BCUT2D eigenvalue weighted by molar-refractivity contribution is 6.15. The van der Waals surface area contributed by atoms with Crippen LogP contribution in [-0.2, 0) is 15.7 Å². The number of rotatable bonds is 7. The number of amides is 1. The molecule has 236 valence electrons. The third-order valence-corrected chi connectivity index (χ3v) is 8.45. The number of alkyl halides is 3. The van der Waals surface area contributed by atoms with E-state index in [1.165, 1.54) is 10.9 Å². The first kappa shape index (κ1) is 30.3. The third-order valence-electron chi connectivity index (χ3n) is 8.45. The predicted octanol–water partition coefficient (Wildman–Crippen LogP) is 8.08. The Morgan fingerprint density at radius 3 is 2.36 bits per heavy atom. The highest BCUT2D eigenvalue weighted by atomic mass is 19.4. The molecule has 0 bridgehead atoms. The lowest BCUT2D eigenvalue weighted by atomic mass is 9.99. The summed E-state index contributed by atoms with van der Waals surface area (Å²) in [6.07, 6.45) is 0.341. The van der Waals surface area contributed by atoms with E-state index in [2.05, 4.69) is 21.5 Å². The Morgan fingerprint density at radius 2 is 1.74 bits per heavy atom. The van der Waals surface area contributed by atoms with E-state index >= 15 is 0 Å². The molecule has 5 aromatic rings.